The molecule has 4 fully saturated rings. The fourth-order valence-corrected chi connectivity index (χ4v) is 5.30. The molecule has 2 N–H and O–H groups in total. The summed E-state index contributed by atoms with van der Waals surface area (Å²) >= 11 is 0. The topological polar surface area (TPSA) is 89.1 Å². The van der Waals surface area contributed by atoms with Gasteiger partial charge in [-0.1, -0.05) is 6.92 Å². The van der Waals surface area contributed by atoms with E-state index in [0.717, 1.165) is 38.8 Å². The van der Waals surface area contributed by atoms with Crippen molar-refractivity contribution in [1.29, 1.82) is 0 Å². The number of alkyl carbamates (subject to hydrolysis) is 1. The van der Waals surface area contributed by atoms with Gasteiger partial charge in [0, 0.05) is 32.0 Å². The Balaban J connectivity index is 1.40. The van der Waals surface area contributed by atoms with Gasteiger partial charge in [0.2, 0.25) is 0 Å². The van der Waals surface area contributed by atoms with Crippen molar-refractivity contribution in [3.8, 4) is 0 Å². The van der Waals surface area contributed by atoms with Crippen LogP contribution in [0, 0.1) is 11.8 Å². The van der Waals surface area contributed by atoms with Crippen LogP contribution in [-0.2, 0) is 19.0 Å². The Bertz CT molecular complexity index is 549. The highest BCUT2D eigenvalue weighted by molar-refractivity contribution is 5.74. The summed E-state index contributed by atoms with van der Waals surface area (Å²) in [7, 11) is 1.45. The van der Waals surface area contributed by atoms with Crippen molar-refractivity contribution < 1.29 is 23.8 Å². The van der Waals surface area contributed by atoms with Gasteiger partial charge in [0.25, 0.3) is 0 Å². The van der Waals surface area contributed by atoms with Gasteiger partial charge in [-0.2, -0.15) is 0 Å². The number of amides is 1. The highest BCUT2D eigenvalue weighted by Crippen LogP contribution is 2.38. The van der Waals surface area contributed by atoms with Gasteiger partial charge in [-0.25, -0.2) is 4.79 Å². The van der Waals surface area contributed by atoms with Gasteiger partial charge in [-0.15, -0.1) is 0 Å². The lowest BCUT2D eigenvalue weighted by Crippen LogP contribution is -2.66. The SMILES string of the molecule is CCC1NC(=O)OC12CCN(C1CC3COCC(N1)C3C(=O)OC)CC2. The van der Waals surface area contributed by atoms with Crippen molar-refractivity contribution in [3.63, 3.8) is 0 Å². The first-order chi connectivity index (χ1) is 12.6. The van der Waals surface area contributed by atoms with Crippen molar-refractivity contribution in [2.45, 2.75) is 56.5 Å². The van der Waals surface area contributed by atoms with Crippen molar-refractivity contribution in [2.24, 2.45) is 11.8 Å². The van der Waals surface area contributed by atoms with Gasteiger partial charge in [-0.3, -0.25) is 15.0 Å². The number of ether oxygens (including phenoxy) is 3. The molecule has 0 aromatic carbocycles. The van der Waals surface area contributed by atoms with Crippen LogP contribution in [0.15, 0.2) is 0 Å². The van der Waals surface area contributed by atoms with Crippen LogP contribution in [0.1, 0.15) is 32.6 Å². The Labute approximate surface area is 153 Å². The number of nitrogens with one attached hydrogen (secondary N) is 2. The van der Waals surface area contributed by atoms with Crippen LogP contribution in [0.3, 0.4) is 0 Å². The predicted molar refractivity (Wildman–Crippen MR) is 92.4 cm³/mol. The molecule has 1 amide bonds. The number of nitrogens with zero attached hydrogens (tertiary/aromatic N) is 1. The molecule has 0 aliphatic carbocycles. The first-order valence-electron chi connectivity index (χ1n) is 9.71. The molecule has 5 unspecified atom stereocenters. The number of esters is 1. The number of hydrogen-bond acceptors (Lipinski definition) is 7. The fourth-order valence-electron chi connectivity index (χ4n) is 5.30. The highest BCUT2D eigenvalue weighted by Gasteiger charge is 2.52. The van der Waals surface area contributed by atoms with Crippen LogP contribution in [0.25, 0.3) is 0 Å². The first-order valence-corrected chi connectivity index (χ1v) is 9.71. The summed E-state index contributed by atoms with van der Waals surface area (Å²) in [6.07, 6.45) is 3.39. The van der Waals surface area contributed by atoms with Crippen LogP contribution < -0.4 is 10.6 Å². The summed E-state index contributed by atoms with van der Waals surface area (Å²) in [5.41, 5.74) is -0.357. The third-order valence-electron chi connectivity index (χ3n) is 6.69. The third-order valence-corrected chi connectivity index (χ3v) is 6.69. The minimum absolute atomic E-state index is 0.00482. The number of carbonyl (C=O) groups is 2. The molecular formula is C18H29N3O5. The number of fused-ring (bicyclic) bond motifs is 2. The van der Waals surface area contributed by atoms with Crippen molar-refractivity contribution in [1.82, 2.24) is 15.5 Å². The van der Waals surface area contributed by atoms with E-state index in [2.05, 4.69) is 22.5 Å². The second kappa shape index (κ2) is 6.98. The van der Waals surface area contributed by atoms with Crippen molar-refractivity contribution in [3.05, 3.63) is 0 Å². The normalized spacial score (nSPS) is 39.3. The summed E-state index contributed by atoms with van der Waals surface area (Å²) in [6, 6.07) is 0.109. The molecule has 8 heteroatoms. The molecule has 4 heterocycles. The van der Waals surface area contributed by atoms with Crippen molar-refractivity contribution >= 4 is 12.1 Å². The maximum absolute atomic E-state index is 12.1. The minimum Gasteiger partial charge on any atom is -0.469 e. The number of piperidine rings is 2. The summed E-state index contributed by atoms with van der Waals surface area (Å²) in [4.78, 5) is 26.3. The lowest BCUT2D eigenvalue weighted by Gasteiger charge is -2.50. The molecule has 146 valence electrons. The zero-order chi connectivity index (χ0) is 18.3. The van der Waals surface area contributed by atoms with Gasteiger partial charge in [0.1, 0.15) is 5.60 Å². The number of hydrogen-bond donors (Lipinski definition) is 2. The molecule has 1 spiro atoms. The Morgan fingerprint density at radius 2 is 2.12 bits per heavy atom. The lowest BCUT2D eigenvalue weighted by molar-refractivity contribution is -0.160. The van der Waals surface area contributed by atoms with Crippen LogP contribution >= 0.6 is 0 Å². The van der Waals surface area contributed by atoms with Gasteiger partial charge >= 0.3 is 12.1 Å². The van der Waals surface area contributed by atoms with E-state index in [4.69, 9.17) is 14.2 Å². The molecule has 0 saturated carbocycles. The second-order valence-electron chi connectivity index (χ2n) is 7.97. The third kappa shape index (κ3) is 2.97. The zero-order valence-electron chi connectivity index (χ0n) is 15.5. The predicted octanol–water partition coefficient (Wildman–Crippen LogP) is 0.463. The van der Waals surface area contributed by atoms with Gasteiger partial charge in [0.15, 0.2) is 0 Å². The van der Waals surface area contributed by atoms with Crippen LogP contribution in [0.4, 0.5) is 4.79 Å². The molecule has 0 radical (unpaired) electrons. The Morgan fingerprint density at radius 3 is 2.77 bits per heavy atom. The maximum Gasteiger partial charge on any atom is 0.408 e. The van der Waals surface area contributed by atoms with E-state index in [1.54, 1.807) is 0 Å². The van der Waals surface area contributed by atoms with E-state index in [9.17, 15) is 9.59 Å². The number of rotatable bonds is 3. The van der Waals surface area contributed by atoms with E-state index in [1.807, 2.05) is 0 Å². The molecular weight excluding hydrogens is 338 g/mol. The molecule has 4 saturated heterocycles. The first kappa shape index (κ1) is 18.0. The van der Waals surface area contributed by atoms with Gasteiger partial charge < -0.3 is 19.5 Å². The molecule has 4 aliphatic rings. The molecule has 26 heavy (non-hydrogen) atoms. The second-order valence-corrected chi connectivity index (χ2v) is 7.97. The summed E-state index contributed by atoms with van der Waals surface area (Å²) in [5, 5.41) is 6.56. The average Bonchev–Trinajstić information content (AvgIpc) is 2.95. The monoisotopic (exact) mass is 367 g/mol. The quantitative estimate of drug-likeness (QED) is 0.701. The Kier molecular flexibility index (Phi) is 4.83. The van der Waals surface area contributed by atoms with E-state index in [0.29, 0.717) is 13.2 Å². The largest absolute Gasteiger partial charge is 0.469 e. The standard InChI is InChI=1S/C18H29N3O5/c1-3-13-18(26-17(23)20-13)4-6-21(7-5-18)14-8-11-9-25-10-12(19-14)15(11)16(22)24-2/h11-15,19H,3-10H2,1-2H3,(H,20,23). The number of methoxy groups -OCH3 is 1. The van der Waals surface area contributed by atoms with Crippen LogP contribution in [0.5, 0.6) is 0 Å². The smallest absolute Gasteiger partial charge is 0.408 e. The van der Waals surface area contributed by atoms with Gasteiger partial charge in [0.05, 0.1) is 38.4 Å². The highest BCUT2D eigenvalue weighted by atomic mass is 16.6. The summed E-state index contributed by atoms with van der Waals surface area (Å²) in [6.45, 7) is 5.01. The van der Waals surface area contributed by atoms with Crippen LogP contribution in [-0.4, -0.2) is 74.2 Å². The zero-order valence-corrected chi connectivity index (χ0v) is 15.5. The van der Waals surface area contributed by atoms with E-state index < -0.39 is 0 Å². The number of carbonyl (C=O) groups excluding carboxylic acids is 2. The average molecular weight is 367 g/mol. The molecule has 4 rings (SSSR count). The minimum atomic E-state index is -0.357. The fraction of sp³-hybridized carbons (Fsp3) is 0.889. The van der Waals surface area contributed by atoms with E-state index >= 15 is 0 Å². The van der Waals surface area contributed by atoms with Crippen LogP contribution in [0.2, 0.25) is 0 Å². The molecule has 5 atom stereocenters. The maximum atomic E-state index is 12.1. The summed E-state index contributed by atoms with van der Waals surface area (Å²) < 4.78 is 16.3. The molecule has 2 bridgehead atoms. The Morgan fingerprint density at radius 1 is 1.35 bits per heavy atom. The molecule has 0 aromatic heterocycles. The van der Waals surface area contributed by atoms with E-state index in [-0.39, 0.29) is 47.7 Å². The number of likely N-dealkylation sites (tertiary alicyclic amines) is 1. The molecule has 0 aromatic rings. The summed E-state index contributed by atoms with van der Waals surface area (Å²) in [5.74, 6) is -0.0649. The van der Waals surface area contributed by atoms with Gasteiger partial charge in [-0.05, 0) is 18.8 Å². The molecule has 4 aliphatic heterocycles. The molecule has 8 nitrogen and oxygen atoms in total. The van der Waals surface area contributed by atoms with Crippen molar-refractivity contribution in [2.75, 3.05) is 33.4 Å². The van der Waals surface area contributed by atoms with E-state index in [1.165, 1.54) is 7.11 Å². The Hall–Kier alpha value is -1.38. The lowest BCUT2D eigenvalue weighted by atomic mass is 9.77.